The Bertz CT molecular complexity index is 512. The topological polar surface area (TPSA) is 52.7 Å². The predicted octanol–water partition coefficient (Wildman–Crippen LogP) is 1.45. The molecule has 5 nitrogen and oxygen atoms in total. The van der Waals surface area contributed by atoms with Crippen molar-refractivity contribution in [2.24, 2.45) is 7.05 Å². The Balaban J connectivity index is 2.13. The van der Waals surface area contributed by atoms with Crippen LogP contribution in [0.2, 0.25) is 0 Å². The standard InChI is InChI=1S/C12H16N4O/c1-3-5-16-6-4-14-12(16)7-11(17)10-8-13-9-15(10)2/h4,6,8-9H,3,5,7H2,1-2H3. The van der Waals surface area contributed by atoms with Crippen molar-refractivity contribution in [1.82, 2.24) is 19.1 Å². The number of imidazole rings is 2. The molecule has 0 aromatic carbocycles. The summed E-state index contributed by atoms with van der Waals surface area (Å²) in [6, 6.07) is 0. The van der Waals surface area contributed by atoms with Crippen molar-refractivity contribution in [3.05, 3.63) is 36.4 Å². The molecule has 0 saturated carbocycles. The lowest BCUT2D eigenvalue weighted by Crippen LogP contribution is -2.12. The van der Waals surface area contributed by atoms with Crippen LogP contribution < -0.4 is 0 Å². The van der Waals surface area contributed by atoms with E-state index in [9.17, 15) is 4.79 Å². The molecule has 2 aromatic heterocycles. The fourth-order valence-corrected chi connectivity index (χ4v) is 1.81. The number of hydrogen-bond acceptors (Lipinski definition) is 3. The molecule has 0 bridgehead atoms. The molecule has 2 aromatic rings. The smallest absolute Gasteiger partial charge is 0.188 e. The van der Waals surface area contributed by atoms with Gasteiger partial charge in [-0.15, -0.1) is 0 Å². The number of ketones is 1. The van der Waals surface area contributed by atoms with Gasteiger partial charge < -0.3 is 9.13 Å². The second kappa shape index (κ2) is 4.95. The summed E-state index contributed by atoms with van der Waals surface area (Å²) < 4.78 is 3.75. The first-order valence-corrected chi connectivity index (χ1v) is 5.72. The SMILES string of the molecule is CCCn1ccnc1CC(=O)c1cncn1C. The van der Waals surface area contributed by atoms with Crippen LogP contribution in [0.1, 0.15) is 29.7 Å². The van der Waals surface area contributed by atoms with Crippen LogP contribution in [-0.4, -0.2) is 24.9 Å². The minimum Gasteiger partial charge on any atom is -0.335 e. The van der Waals surface area contributed by atoms with Gasteiger partial charge in [0.15, 0.2) is 5.78 Å². The lowest BCUT2D eigenvalue weighted by molar-refractivity contribution is 0.0982. The molecule has 2 rings (SSSR count). The molecular formula is C12H16N4O. The first-order valence-electron chi connectivity index (χ1n) is 5.72. The summed E-state index contributed by atoms with van der Waals surface area (Å²) in [6.07, 6.45) is 8.23. The van der Waals surface area contributed by atoms with Gasteiger partial charge in [-0.1, -0.05) is 6.92 Å². The van der Waals surface area contributed by atoms with Gasteiger partial charge in [0, 0.05) is 26.0 Å². The minimum absolute atomic E-state index is 0.0496. The highest BCUT2D eigenvalue weighted by Crippen LogP contribution is 2.06. The largest absolute Gasteiger partial charge is 0.335 e. The summed E-state index contributed by atoms with van der Waals surface area (Å²) in [4.78, 5) is 20.2. The van der Waals surface area contributed by atoms with E-state index in [0.717, 1.165) is 18.8 Å². The van der Waals surface area contributed by atoms with Gasteiger partial charge in [0.05, 0.1) is 18.9 Å². The third kappa shape index (κ3) is 2.43. The molecule has 0 saturated heterocycles. The Morgan fingerprint density at radius 3 is 2.94 bits per heavy atom. The average molecular weight is 232 g/mol. The number of carbonyl (C=O) groups is 1. The number of nitrogens with zero attached hydrogens (tertiary/aromatic N) is 4. The molecule has 0 radical (unpaired) electrons. The first-order chi connectivity index (χ1) is 8.22. The number of aromatic nitrogens is 4. The zero-order valence-corrected chi connectivity index (χ0v) is 10.1. The fourth-order valence-electron chi connectivity index (χ4n) is 1.81. The molecule has 0 spiro atoms. The number of aryl methyl sites for hydroxylation is 2. The van der Waals surface area contributed by atoms with Crippen LogP contribution in [0.4, 0.5) is 0 Å². The van der Waals surface area contributed by atoms with E-state index in [4.69, 9.17) is 0 Å². The molecule has 2 heterocycles. The van der Waals surface area contributed by atoms with E-state index in [0.29, 0.717) is 12.1 Å². The number of hydrogen-bond donors (Lipinski definition) is 0. The lowest BCUT2D eigenvalue weighted by atomic mass is 10.2. The van der Waals surface area contributed by atoms with Crippen molar-refractivity contribution in [3.8, 4) is 0 Å². The number of Topliss-reactive ketones (excluding diaryl/α,β-unsaturated/α-hetero) is 1. The van der Waals surface area contributed by atoms with Crippen molar-refractivity contribution in [3.63, 3.8) is 0 Å². The van der Waals surface area contributed by atoms with Crippen LogP contribution in [0.25, 0.3) is 0 Å². The highest BCUT2D eigenvalue weighted by atomic mass is 16.1. The number of carbonyl (C=O) groups excluding carboxylic acids is 1. The Kier molecular flexibility index (Phi) is 3.37. The summed E-state index contributed by atoms with van der Waals surface area (Å²) in [6.45, 7) is 3.00. The van der Waals surface area contributed by atoms with Gasteiger partial charge in [-0.3, -0.25) is 4.79 Å². The van der Waals surface area contributed by atoms with Gasteiger partial charge in [-0.2, -0.15) is 0 Å². The molecule has 0 atom stereocenters. The van der Waals surface area contributed by atoms with Gasteiger partial charge in [0.1, 0.15) is 11.5 Å². The van der Waals surface area contributed by atoms with Crippen molar-refractivity contribution in [1.29, 1.82) is 0 Å². The van der Waals surface area contributed by atoms with Gasteiger partial charge in [-0.25, -0.2) is 9.97 Å². The summed E-state index contributed by atoms with van der Waals surface area (Å²) in [5.41, 5.74) is 0.621. The van der Waals surface area contributed by atoms with E-state index in [1.165, 1.54) is 0 Å². The Morgan fingerprint density at radius 2 is 2.29 bits per heavy atom. The maximum atomic E-state index is 12.0. The van der Waals surface area contributed by atoms with Crippen molar-refractivity contribution in [2.75, 3.05) is 0 Å². The molecule has 0 aliphatic rings. The first kappa shape index (κ1) is 11.6. The highest BCUT2D eigenvalue weighted by molar-refractivity contribution is 5.95. The minimum atomic E-state index is 0.0496. The molecule has 0 unspecified atom stereocenters. The van der Waals surface area contributed by atoms with E-state index in [1.54, 1.807) is 23.3 Å². The quantitative estimate of drug-likeness (QED) is 0.733. The Hall–Kier alpha value is -1.91. The van der Waals surface area contributed by atoms with E-state index in [-0.39, 0.29) is 5.78 Å². The van der Waals surface area contributed by atoms with Crippen LogP contribution in [0.3, 0.4) is 0 Å². The second-order valence-corrected chi connectivity index (χ2v) is 4.03. The molecule has 0 aliphatic heterocycles. The molecule has 0 N–H and O–H groups in total. The Labute approximate surface area is 100 Å². The van der Waals surface area contributed by atoms with Gasteiger partial charge >= 0.3 is 0 Å². The maximum Gasteiger partial charge on any atom is 0.188 e. The predicted molar refractivity (Wildman–Crippen MR) is 63.8 cm³/mol. The monoisotopic (exact) mass is 232 g/mol. The van der Waals surface area contributed by atoms with Crippen molar-refractivity contribution >= 4 is 5.78 Å². The second-order valence-electron chi connectivity index (χ2n) is 4.03. The van der Waals surface area contributed by atoms with Crippen molar-refractivity contribution < 1.29 is 4.79 Å². The van der Waals surface area contributed by atoms with Crippen LogP contribution in [0, 0.1) is 0 Å². The zero-order valence-electron chi connectivity index (χ0n) is 10.1. The maximum absolute atomic E-state index is 12.0. The average Bonchev–Trinajstić information content (AvgIpc) is 2.89. The van der Waals surface area contributed by atoms with Crippen LogP contribution >= 0.6 is 0 Å². The van der Waals surface area contributed by atoms with Gasteiger partial charge in [0.2, 0.25) is 0 Å². The summed E-state index contributed by atoms with van der Waals surface area (Å²) in [5.74, 6) is 0.867. The molecule has 5 heteroatoms. The summed E-state index contributed by atoms with van der Waals surface area (Å²) in [7, 11) is 1.82. The molecule has 0 fully saturated rings. The summed E-state index contributed by atoms with van der Waals surface area (Å²) >= 11 is 0. The lowest BCUT2D eigenvalue weighted by Gasteiger charge is -2.05. The summed E-state index contributed by atoms with van der Waals surface area (Å²) in [5, 5.41) is 0. The van der Waals surface area contributed by atoms with Gasteiger partial charge in [0.25, 0.3) is 0 Å². The molecule has 90 valence electrons. The van der Waals surface area contributed by atoms with E-state index >= 15 is 0 Å². The normalized spacial score (nSPS) is 10.7. The Morgan fingerprint density at radius 1 is 1.47 bits per heavy atom. The third-order valence-electron chi connectivity index (χ3n) is 2.69. The van der Waals surface area contributed by atoms with E-state index < -0.39 is 0 Å². The fraction of sp³-hybridized carbons (Fsp3) is 0.417. The van der Waals surface area contributed by atoms with Gasteiger partial charge in [-0.05, 0) is 6.42 Å². The molecule has 0 aliphatic carbocycles. The van der Waals surface area contributed by atoms with E-state index in [2.05, 4.69) is 16.9 Å². The van der Waals surface area contributed by atoms with Crippen LogP contribution in [0.15, 0.2) is 24.9 Å². The zero-order chi connectivity index (χ0) is 12.3. The number of rotatable bonds is 5. The van der Waals surface area contributed by atoms with E-state index in [1.807, 2.05) is 17.8 Å². The van der Waals surface area contributed by atoms with Crippen LogP contribution in [0.5, 0.6) is 0 Å². The van der Waals surface area contributed by atoms with Crippen LogP contribution in [-0.2, 0) is 20.0 Å². The van der Waals surface area contributed by atoms with Crippen molar-refractivity contribution in [2.45, 2.75) is 26.3 Å². The highest BCUT2D eigenvalue weighted by Gasteiger charge is 2.13. The third-order valence-corrected chi connectivity index (χ3v) is 2.69. The molecule has 17 heavy (non-hydrogen) atoms. The molecule has 0 amide bonds. The molecular weight excluding hydrogens is 216 g/mol.